The summed E-state index contributed by atoms with van der Waals surface area (Å²) in [5.41, 5.74) is 0. The van der Waals surface area contributed by atoms with E-state index in [-0.39, 0.29) is 0 Å². The van der Waals surface area contributed by atoms with Crippen molar-refractivity contribution in [1.82, 2.24) is 10.2 Å². The summed E-state index contributed by atoms with van der Waals surface area (Å²) in [6.45, 7) is 7.63. The zero-order chi connectivity index (χ0) is 7.94. The maximum atomic E-state index is 4.29. The van der Waals surface area contributed by atoms with E-state index in [1.807, 2.05) is 0 Å². The molecule has 0 bridgehead atoms. The monoisotopic (exact) mass is 153 g/mol. The van der Waals surface area contributed by atoms with E-state index in [0.29, 0.717) is 0 Å². The van der Waals surface area contributed by atoms with Gasteiger partial charge in [-0.05, 0) is 6.42 Å². The Morgan fingerprint density at radius 1 is 1.27 bits per heavy atom. The number of allylic oxidation sites excluding steroid dienone is 1. The third kappa shape index (κ3) is 3.54. The van der Waals surface area contributed by atoms with Crippen LogP contribution in [0, 0.1) is 0 Å². The normalized spacial score (nSPS) is 21.2. The van der Waals surface area contributed by atoms with Crippen molar-refractivity contribution >= 4 is 0 Å². The Labute approximate surface area is 69.3 Å². The minimum Gasteiger partial charge on any atom is -0.297 e. The van der Waals surface area contributed by atoms with Crippen molar-refractivity contribution in [3.05, 3.63) is 12.2 Å². The predicted molar refractivity (Wildman–Crippen MR) is 47.7 cm³/mol. The zero-order valence-electron chi connectivity index (χ0n) is 7.29. The fraction of sp³-hybridized carbons (Fsp3) is 0.778. The largest absolute Gasteiger partial charge is 0.297 e. The van der Waals surface area contributed by atoms with Gasteiger partial charge in [-0.15, -0.1) is 0 Å². The number of nitrogens with zero attached hydrogens (tertiary/aromatic N) is 2. The summed E-state index contributed by atoms with van der Waals surface area (Å²) in [4.78, 5) is 2.44. The highest BCUT2D eigenvalue weighted by atomic mass is 15.2. The van der Waals surface area contributed by atoms with Gasteiger partial charge in [-0.25, -0.2) is 5.32 Å². The van der Waals surface area contributed by atoms with Gasteiger partial charge in [-0.1, -0.05) is 19.1 Å². The van der Waals surface area contributed by atoms with Crippen molar-refractivity contribution in [3.8, 4) is 0 Å². The summed E-state index contributed by atoms with van der Waals surface area (Å²) in [6.07, 6.45) is 5.63. The number of rotatable bonds is 3. The molecule has 0 spiro atoms. The van der Waals surface area contributed by atoms with Crippen LogP contribution in [-0.4, -0.2) is 37.6 Å². The molecular weight excluding hydrogens is 136 g/mol. The second-order valence-corrected chi connectivity index (χ2v) is 2.85. The molecular formula is C9H17N2. The molecule has 1 rings (SSSR count). The van der Waals surface area contributed by atoms with Crippen LogP contribution in [-0.2, 0) is 0 Å². The molecule has 0 aromatic heterocycles. The van der Waals surface area contributed by atoms with Gasteiger partial charge in [0.1, 0.15) is 0 Å². The standard InChI is InChI=1S/C9H17N2/c1-2-3-4-7-11-8-5-10-6-9-11/h3-4H,2,5-9H2,1H3. The molecule has 0 unspecified atom stereocenters. The average Bonchev–Trinajstić information content (AvgIpc) is 2.07. The maximum Gasteiger partial charge on any atom is 0.0261 e. The quantitative estimate of drug-likeness (QED) is 0.550. The molecule has 0 N–H and O–H groups in total. The molecule has 1 aliphatic rings. The molecule has 1 heterocycles. The van der Waals surface area contributed by atoms with Crippen molar-refractivity contribution in [2.45, 2.75) is 13.3 Å². The second-order valence-electron chi connectivity index (χ2n) is 2.85. The molecule has 0 amide bonds. The van der Waals surface area contributed by atoms with Crippen LogP contribution in [0.25, 0.3) is 0 Å². The third-order valence-corrected chi connectivity index (χ3v) is 1.91. The Hall–Kier alpha value is -0.340. The Bertz CT molecular complexity index is 115. The Balaban J connectivity index is 2.09. The van der Waals surface area contributed by atoms with Gasteiger partial charge in [0, 0.05) is 32.7 Å². The first-order chi connectivity index (χ1) is 5.43. The van der Waals surface area contributed by atoms with Crippen LogP contribution in [0.3, 0.4) is 0 Å². The van der Waals surface area contributed by atoms with Crippen LogP contribution in [0.5, 0.6) is 0 Å². The molecule has 1 radical (unpaired) electrons. The van der Waals surface area contributed by atoms with Gasteiger partial charge in [-0.3, -0.25) is 4.90 Å². The van der Waals surface area contributed by atoms with Gasteiger partial charge in [0.25, 0.3) is 0 Å². The summed E-state index contributed by atoms with van der Waals surface area (Å²) < 4.78 is 0. The van der Waals surface area contributed by atoms with E-state index in [1.54, 1.807) is 0 Å². The number of hydrogen-bond acceptors (Lipinski definition) is 1. The molecule has 0 atom stereocenters. The first kappa shape index (κ1) is 8.75. The van der Waals surface area contributed by atoms with Gasteiger partial charge in [0.2, 0.25) is 0 Å². The Morgan fingerprint density at radius 3 is 2.64 bits per heavy atom. The van der Waals surface area contributed by atoms with Crippen molar-refractivity contribution in [3.63, 3.8) is 0 Å². The fourth-order valence-corrected chi connectivity index (χ4v) is 1.22. The lowest BCUT2D eigenvalue weighted by Crippen LogP contribution is -2.40. The van der Waals surface area contributed by atoms with E-state index in [1.165, 1.54) is 0 Å². The molecule has 0 aromatic carbocycles. The van der Waals surface area contributed by atoms with Crippen LogP contribution in [0.15, 0.2) is 12.2 Å². The van der Waals surface area contributed by atoms with Crippen LogP contribution >= 0.6 is 0 Å². The predicted octanol–water partition coefficient (Wildman–Crippen LogP) is 0.873. The lowest BCUT2D eigenvalue weighted by molar-refractivity contribution is 0.262. The van der Waals surface area contributed by atoms with Crippen LogP contribution in [0.2, 0.25) is 0 Å². The summed E-state index contributed by atoms with van der Waals surface area (Å²) in [5, 5.41) is 4.29. The highest BCUT2D eigenvalue weighted by Gasteiger charge is 2.06. The summed E-state index contributed by atoms with van der Waals surface area (Å²) in [6, 6.07) is 0. The zero-order valence-corrected chi connectivity index (χ0v) is 7.29. The van der Waals surface area contributed by atoms with Crippen molar-refractivity contribution in [2.75, 3.05) is 32.7 Å². The topological polar surface area (TPSA) is 17.3 Å². The first-order valence-electron chi connectivity index (χ1n) is 4.44. The van der Waals surface area contributed by atoms with E-state index < -0.39 is 0 Å². The van der Waals surface area contributed by atoms with E-state index in [9.17, 15) is 0 Å². The lowest BCUT2D eigenvalue weighted by Gasteiger charge is -2.24. The van der Waals surface area contributed by atoms with E-state index in [4.69, 9.17) is 0 Å². The van der Waals surface area contributed by atoms with Crippen molar-refractivity contribution in [1.29, 1.82) is 0 Å². The molecule has 0 aliphatic carbocycles. The highest BCUT2D eigenvalue weighted by molar-refractivity contribution is 4.84. The van der Waals surface area contributed by atoms with Gasteiger partial charge in [0.05, 0.1) is 0 Å². The molecule has 1 aliphatic heterocycles. The fourth-order valence-electron chi connectivity index (χ4n) is 1.22. The minimum atomic E-state index is 1.03. The molecule has 2 heteroatoms. The van der Waals surface area contributed by atoms with Crippen LogP contribution in [0.1, 0.15) is 13.3 Å². The molecule has 1 saturated heterocycles. The minimum absolute atomic E-state index is 1.03. The third-order valence-electron chi connectivity index (χ3n) is 1.91. The molecule has 0 aromatic rings. The summed E-state index contributed by atoms with van der Waals surface area (Å²) in [5.74, 6) is 0. The lowest BCUT2D eigenvalue weighted by atomic mass is 10.3. The molecule has 0 saturated carbocycles. The van der Waals surface area contributed by atoms with Crippen molar-refractivity contribution < 1.29 is 0 Å². The maximum absolute atomic E-state index is 4.29. The van der Waals surface area contributed by atoms with Crippen LogP contribution in [0.4, 0.5) is 0 Å². The number of hydrogen-bond donors (Lipinski definition) is 0. The smallest absolute Gasteiger partial charge is 0.0261 e. The van der Waals surface area contributed by atoms with Gasteiger partial charge in [-0.2, -0.15) is 0 Å². The number of piperazine rings is 1. The average molecular weight is 153 g/mol. The summed E-state index contributed by atoms with van der Waals surface area (Å²) in [7, 11) is 0. The van der Waals surface area contributed by atoms with E-state index in [2.05, 4.69) is 29.3 Å². The highest BCUT2D eigenvalue weighted by Crippen LogP contribution is 1.93. The summed E-state index contributed by atoms with van der Waals surface area (Å²) >= 11 is 0. The van der Waals surface area contributed by atoms with Crippen LogP contribution < -0.4 is 5.32 Å². The molecule has 2 nitrogen and oxygen atoms in total. The van der Waals surface area contributed by atoms with Crippen molar-refractivity contribution in [2.24, 2.45) is 0 Å². The van der Waals surface area contributed by atoms with Gasteiger partial charge in [0.15, 0.2) is 0 Å². The SMILES string of the molecule is CCC=CCN1CC[N]CC1. The Morgan fingerprint density at radius 2 is 2.00 bits per heavy atom. The Kier molecular flexibility index (Phi) is 4.24. The van der Waals surface area contributed by atoms with E-state index in [0.717, 1.165) is 39.1 Å². The second kappa shape index (κ2) is 5.33. The first-order valence-corrected chi connectivity index (χ1v) is 4.44. The molecule has 1 fully saturated rings. The van der Waals surface area contributed by atoms with E-state index >= 15 is 0 Å². The molecule has 11 heavy (non-hydrogen) atoms. The van der Waals surface area contributed by atoms with Gasteiger partial charge >= 0.3 is 0 Å². The molecule has 63 valence electrons. The van der Waals surface area contributed by atoms with Gasteiger partial charge < -0.3 is 0 Å².